The molecule has 0 unspecified atom stereocenters. The summed E-state index contributed by atoms with van der Waals surface area (Å²) in [6.07, 6.45) is 1.82. The molecule has 0 fully saturated rings. The summed E-state index contributed by atoms with van der Waals surface area (Å²) >= 11 is 0. The number of benzene rings is 2. The van der Waals surface area contributed by atoms with Crippen LogP contribution in [-0.4, -0.2) is 27.7 Å². The van der Waals surface area contributed by atoms with Gasteiger partial charge in [-0.25, -0.2) is 18.4 Å². The van der Waals surface area contributed by atoms with Crippen LogP contribution in [0.25, 0.3) is 16.8 Å². The number of hydrogen-bond donors (Lipinski definition) is 1. The molecule has 2 heterocycles. The molecule has 0 amide bonds. The minimum atomic E-state index is -0.370. The van der Waals surface area contributed by atoms with E-state index in [-0.39, 0.29) is 43.6 Å². The van der Waals surface area contributed by atoms with Crippen LogP contribution < -0.4 is 20.9 Å². The quantitative estimate of drug-likeness (QED) is 0.706. The van der Waals surface area contributed by atoms with Crippen molar-refractivity contribution in [2.75, 3.05) is 13.3 Å². The average molecular weight is 405 g/mol. The highest BCUT2D eigenvalue weighted by atomic mass is 35.5. The van der Waals surface area contributed by atoms with Crippen LogP contribution >= 0.6 is 12.4 Å². The van der Waals surface area contributed by atoms with Crippen molar-refractivity contribution in [2.45, 2.75) is 6.54 Å². The summed E-state index contributed by atoms with van der Waals surface area (Å²) in [4.78, 5) is 12.6. The Labute approximate surface area is 166 Å². The highest BCUT2D eigenvalue weighted by Crippen LogP contribution is 2.36. The van der Waals surface area contributed by atoms with E-state index < -0.39 is 0 Å². The Bertz CT molecular complexity index is 1080. The maximum Gasteiger partial charge on any atom is 0.350 e. The van der Waals surface area contributed by atoms with Crippen molar-refractivity contribution < 1.29 is 13.9 Å². The van der Waals surface area contributed by atoms with Crippen LogP contribution in [0.2, 0.25) is 0 Å². The molecule has 9 heteroatoms. The number of hydrogen-bond acceptors (Lipinski definition) is 5. The highest BCUT2D eigenvalue weighted by molar-refractivity contribution is 5.85. The van der Waals surface area contributed by atoms with Gasteiger partial charge in [-0.2, -0.15) is 5.10 Å². The number of fused-ring (bicyclic) bond motifs is 1. The molecule has 2 aromatic carbocycles. The molecule has 28 heavy (non-hydrogen) atoms. The van der Waals surface area contributed by atoms with Gasteiger partial charge in [-0.3, -0.25) is 0 Å². The van der Waals surface area contributed by atoms with Crippen molar-refractivity contribution in [3.05, 3.63) is 71.2 Å². The Morgan fingerprint density at radius 1 is 1.18 bits per heavy atom. The third-order valence-electron chi connectivity index (χ3n) is 4.33. The number of nitrogens with two attached hydrogens (primary N) is 1. The molecule has 4 rings (SSSR count). The van der Waals surface area contributed by atoms with Crippen LogP contribution in [0, 0.1) is 0 Å². The zero-order valence-electron chi connectivity index (χ0n) is 14.7. The Morgan fingerprint density at radius 2 is 1.96 bits per heavy atom. The SMILES string of the molecule is Cl.NC/C(=C\F)Cn1ncn(-c2cccc(-c3ccc4c(c3)OCO4)c2)c1=O. The van der Waals surface area contributed by atoms with E-state index in [0.29, 0.717) is 23.5 Å². The largest absolute Gasteiger partial charge is 0.454 e. The topological polar surface area (TPSA) is 84.3 Å². The molecule has 0 spiro atoms. The molecule has 0 saturated heterocycles. The molecule has 1 aliphatic heterocycles. The fraction of sp³-hybridized carbons (Fsp3) is 0.158. The van der Waals surface area contributed by atoms with Gasteiger partial charge in [-0.15, -0.1) is 12.4 Å². The summed E-state index contributed by atoms with van der Waals surface area (Å²) in [7, 11) is 0. The van der Waals surface area contributed by atoms with E-state index in [9.17, 15) is 9.18 Å². The molecule has 3 aromatic rings. The second kappa shape index (κ2) is 8.28. The zero-order chi connectivity index (χ0) is 18.8. The van der Waals surface area contributed by atoms with Gasteiger partial charge in [0, 0.05) is 6.54 Å². The van der Waals surface area contributed by atoms with Crippen molar-refractivity contribution in [3.8, 4) is 28.3 Å². The fourth-order valence-electron chi connectivity index (χ4n) is 2.87. The second-order valence-electron chi connectivity index (χ2n) is 6.03. The van der Waals surface area contributed by atoms with Crippen LogP contribution in [-0.2, 0) is 6.54 Å². The summed E-state index contributed by atoms with van der Waals surface area (Å²) < 4.78 is 26.1. The lowest BCUT2D eigenvalue weighted by molar-refractivity contribution is 0.174. The maximum atomic E-state index is 12.7. The van der Waals surface area contributed by atoms with Gasteiger partial charge < -0.3 is 15.2 Å². The van der Waals surface area contributed by atoms with Crippen molar-refractivity contribution in [2.24, 2.45) is 5.73 Å². The fourth-order valence-corrected chi connectivity index (χ4v) is 2.87. The molecule has 0 atom stereocenters. The standard InChI is InChI=1S/C19H17FN4O3.ClH/c20-8-13(9-21)10-24-19(25)23(11-22-24)16-3-1-2-14(6-16)15-4-5-17-18(7-15)27-12-26-17;/h1-8,11H,9-10,12,21H2;1H/b13-8+;. The molecule has 1 aromatic heterocycles. The van der Waals surface area contributed by atoms with Gasteiger partial charge in [-0.05, 0) is 41.0 Å². The van der Waals surface area contributed by atoms with Crippen LogP contribution in [0.15, 0.2) is 65.5 Å². The lowest BCUT2D eigenvalue weighted by Crippen LogP contribution is -2.25. The lowest BCUT2D eigenvalue weighted by Gasteiger charge is -2.07. The first-order valence-corrected chi connectivity index (χ1v) is 8.32. The molecule has 7 nitrogen and oxygen atoms in total. The Morgan fingerprint density at radius 3 is 2.75 bits per heavy atom. The normalized spacial score (nSPS) is 12.7. The van der Waals surface area contributed by atoms with Crippen LogP contribution in [0.5, 0.6) is 11.5 Å². The number of aromatic nitrogens is 3. The zero-order valence-corrected chi connectivity index (χ0v) is 15.6. The Balaban J connectivity index is 0.00000225. The summed E-state index contributed by atoms with van der Waals surface area (Å²) in [5, 5.41) is 4.05. The van der Waals surface area contributed by atoms with Gasteiger partial charge in [-0.1, -0.05) is 18.2 Å². The van der Waals surface area contributed by atoms with Gasteiger partial charge in [0.1, 0.15) is 6.33 Å². The van der Waals surface area contributed by atoms with Gasteiger partial charge >= 0.3 is 5.69 Å². The van der Waals surface area contributed by atoms with E-state index >= 15 is 0 Å². The predicted octanol–water partition coefficient (Wildman–Crippen LogP) is 2.66. The molecule has 0 aliphatic carbocycles. The van der Waals surface area contributed by atoms with E-state index in [1.165, 1.54) is 15.6 Å². The van der Waals surface area contributed by atoms with Crippen LogP contribution in [0.1, 0.15) is 0 Å². The van der Waals surface area contributed by atoms with E-state index in [0.717, 1.165) is 11.1 Å². The van der Waals surface area contributed by atoms with Crippen molar-refractivity contribution in [1.29, 1.82) is 0 Å². The van der Waals surface area contributed by atoms with E-state index in [2.05, 4.69) is 5.10 Å². The summed E-state index contributed by atoms with van der Waals surface area (Å²) in [6.45, 7) is 0.252. The predicted molar refractivity (Wildman–Crippen MR) is 105 cm³/mol. The second-order valence-corrected chi connectivity index (χ2v) is 6.03. The van der Waals surface area contributed by atoms with Crippen LogP contribution in [0.4, 0.5) is 4.39 Å². The summed E-state index contributed by atoms with van der Waals surface area (Å²) in [6, 6.07) is 13.1. The molecule has 1 aliphatic rings. The number of nitrogens with zero attached hydrogens (tertiary/aromatic N) is 3. The smallest absolute Gasteiger partial charge is 0.350 e. The first-order chi connectivity index (χ1) is 13.2. The molecule has 146 valence electrons. The number of ether oxygens (including phenoxy) is 2. The van der Waals surface area contributed by atoms with Gasteiger partial charge in [0.25, 0.3) is 0 Å². The summed E-state index contributed by atoms with van der Waals surface area (Å²) in [5.41, 5.74) is 7.87. The third-order valence-corrected chi connectivity index (χ3v) is 4.33. The van der Waals surface area contributed by atoms with Crippen LogP contribution in [0.3, 0.4) is 0 Å². The summed E-state index contributed by atoms with van der Waals surface area (Å²) in [5.74, 6) is 1.40. The highest BCUT2D eigenvalue weighted by Gasteiger charge is 2.14. The Kier molecular flexibility index (Phi) is 5.81. The van der Waals surface area contributed by atoms with E-state index in [1.54, 1.807) is 6.07 Å². The average Bonchev–Trinajstić information content (AvgIpc) is 3.32. The molecule has 2 N–H and O–H groups in total. The maximum absolute atomic E-state index is 12.7. The number of rotatable bonds is 5. The third kappa shape index (κ3) is 3.64. The van der Waals surface area contributed by atoms with Gasteiger partial charge in [0.15, 0.2) is 11.5 Å². The van der Waals surface area contributed by atoms with Gasteiger partial charge in [0.05, 0.1) is 18.6 Å². The molecule has 0 bridgehead atoms. The minimum absolute atomic E-state index is 0. The van der Waals surface area contributed by atoms with Crippen molar-refractivity contribution in [1.82, 2.24) is 14.3 Å². The first-order valence-electron chi connectivity index (χ1n) is 8.32. The van der Waals surface area contributed by atoms with E-state index in [4.69, 9.17) is 15.2 Å². The number of halogens is 2. The molecule has 0 saturated carbocycles. The first kappa shape index (κ1) is 19.7. The lowest BCUT2D eigenvalue weighted by atomic mass is 10.0. The monoisotopic (exact) mass is 404 g/mol. The van der Waals surface area contributed by atoms with Crippen molar-refractivity contribution >= 4 is 12.4 Å². The minimum Gasteiger partial charge on any atom is -0.454 e. The molecular weight excluding hydrogens is 387 g/mol. The Hall–Kier alpha value is -3.10. The van der Waals surface area contributed by atoms with E-state index in [1.807, 2.05) is 36.4 Å². The molecular formula is C19H18ClFN4O3. The molecule has 0 radical (unpaired) electrons. The van der Waals surface area contributed by atoms with Crippen molar-refractivity contribution in [3.63, 3.8) is 0 Å². The van der Waals surface area contributed by atoms with Gasteiger partial charge in [0.2, 0.25) is 6.79 Å².